The van der Waals surface area contributed by atoms with Crippen LogP contribution in [-0.4, -0.2) is 29.5 Å². The molecule has 0 aliphatic heterocycles. The molecule has 0 aromatic carbocycles. The van der Waals surface area contributed by atoms with Crippen LogP contribution in [0, 0.1) is 0 Å². The molecule has 0 spiro atoms. The highest BCUT2D eigenvalue weighted by Gasteiger charge is 2.27. The zero-order chi connectivity index (χ0) is 11.4. The molecule has 2 atom stereocenters. The second-order valence-electron chi connectivity index (χ2n) is 5.42. The van der Waals surface area contributed by atoms with Gasteiger partial charge in [0.1, 0.15) is 0 Å². The Morgan fingerprint density at radius 2 is 1.56 bits per heavy atom. The van der Waals surface area contributed by atoms with Crippen LogP contribution in [0.5, 0.6) is 0 Å². The lowest BCUT2D eigenvalue weighted by Crippen LogP contribution is -2.36. The molecule has 94 valence electrons. The lowest BCUT2D eigenvalue weighted by molar-refractivity contribution is -0.0901. The number of rotatable bonds is 2. The lowest BCUT2D eigenvalue weighted by Gasteiger charge is -2.31. The lowest BCUT2D eigenvalue weighted by atomic mass is 9.93. The van der Waals surface area contributed by atoms with Gasteiger partial charge in [-0.1, -0.05) is 19.3 Å². The summed E-state index contributed by atoms with van der Waals surface area (Å²) in [6, 6.07) is 0.374. The van der Waals surface area contributed by atoms with E-state index in [0.717, 1.165) is 44.9 Å². The van der Waals surface area contributed by atoms with E-state index in [1.54, 1.807) is 0 Å². The molecule has 0 aromatic rings. The molecule has 0 amide bonds. The molecule has 0 heterocycles. The molecule has 3 heteroatoms. The standard InChI is InChI=1S/C13H25NO2/c14-10-6-8-11(9-7-10)16-13-5-3-1-2-4-12(13)15/h10-13,15H,1-9,14H2. The highest BCUT2D eigenvalue weighted by molar-refractivity contribution is 4.79. The second-order valence-corrected chi connectivity index (χ2v) is 5.42. The van der Waals surface area contributed by atoms with Gasteiger partial charge in [0.25, 0.3) is 0 Å². The van der Waals surface area contributed by atoms with Crippen molar-refractivity contribution in [3.63, 3.8) is 0 Å². The fraction of sp³-hybridized carbons (Fsp3) is 1.00. The van der Waals surface area contributed by atoms with Crippen molar-refractivity contribution in [3.8, 4) is 0 Å². The van der Waals surface area contributed by atoms with Gasteiger partial charge in [0.2, 0.25) is 0 Å². The van der Waals surface area contributed by atoms with Crippen molar-refractivity contribution in [2.75, 3.05) is 0 Å². The van der Waals surface area contributed by atoms with Crippen molar-refractivity contribution < 1.29 is 9.84 Å². The molecule has 2 aliphatic carbocycles. The Morgan fingerprint density at radius 3 is 2.31 bits per heavy atom. The summed E-state index contributed by atoms with van der Waals surface area (Å²) in [5.74, 6) is 0. The van der Waals surface area contributed by atoms with Gasteiger partial charge < -0.3 is 15.6 Å². The van der Waals surface area contributed by atoms with Crippen LogP contribution in [0.2, 0.25) is 0 Å². The predicted octanol–water partition coefficient (Wildman–Crippen LogP) is 1.97. The maximum atomic E-state index is 9.98. The van der Waals surface area contributed by atoms with Gasteiger partial charge >= 0.3 is 0 Å². The normalized spacial score (nSPS) is 41.6. The van der Waals surface area contributed by atoms with Crippen LogP contribution in [0.15, 0.2) is 0 Å². The molecular weight excluding hydrogens is 202 g/mol. The zero-order valence-electron chi connectivity index (χ0n) is 10.1. The van der Waals surface area contributed by atoms with Gasteiger partial charge in [-0.05, 0) is 38.5 Å². The second kappa shape index (κ2) is 5.99. The van der Waals surface area contributed by atoms with Crippen molar-refractivity contribution in [2.24, 2.45) is 5.73 Å². The highest BCUT2D eigenvalue weighted by atomic mass is 16.5. The van der Waals surface area contributed by atoms with E-state index >= 15 is 0 Å². The van der Waals surface area contributed by atoms with E-state index in [2.05, 4.69) is 0 Å². The molecule has 2 fully saturated rings. The molecule has 0 radical (unpaired) electrons. The van der Waals surface area contributed by atoms with Crippen LogP contribution in [0.4, 0.5) is 0 Å². The Kier molecular flexibility index (Phi) is 4.62. The van der Waals surface area contributed by atoms with E-state index in [9.17, 15) is 5.11 Å². The minimum atomic E-state index is -0.238. The molecule has 0 saturated heterocycles. The summed E-state index contributed by atoms with van der Waals surface area (Å²) in [5.41, 5.74) is 5.88. The van der Waals surface area contributed by atoms with Crippen LogP contribution >= 0.6 is 0 Å². The predicted molar refractivity (Wildman–Crippen MR) is 64.2 cm³/mol. The number of aliphatic hydroxyl groups excluding tert-OH is 1. The van der Waals surface area contributed by atoms with Crippen LogP contribution in [-0.2, 0) is 4.74 Å². The van der Waals surface area contributed by atoms with Gasteiger partial charge in [0, 0.05) is 6.04 Å². The largest absolute Gasteiger partial charge is 0.390 e. The quantitative estimate of drug-likeness (QED) is 0.709. The van der Waals surface area contributed by atoms with Gasteiger partial charge in [-0.25, -0.2) is 0 Å². The van der Waals surface area contributed by atoms with Gasteiger partial charge in [0.15, 0.2) is 0 Å². The van der Waals surface area contributed by atoms with Crippen molar-refractivity contribution in [3.05, 3.63) is 0 Å². The molecule has 16 heavy (non-hydrogen) atoms. The summed E-state index contributed by atoms with van der Waals surface area (Å²) in [4.78, 5) is 0. The number of hydrogen-bond donors (Lipinski definition) is 2. The van der Waals surface area contributed by atoms with Gasteiger partial charge in [-0.15, -0.1) is 0 Å². The van der Waals surface area contributed by atoms with Gasteiger partial charge in [0.05, 0.1) is 18.3 Å². The third kappa shape index (κ3) is 3.44. The molecule has 3 nitrogen and oxygen atoms in total. The van der Waals surface area contributed by atoms with Crippen LogP contribution in [0.1, 0.15) is 57.8 Å². The Balaban J connectivity index is 1.78. The Labute approximate surface area is 98.4 Å². The van der Waals surface area contributed by atoms with E-state index in [1.807, 2.05) is 0 Å². The molecule has 2 aliphatic rings. The first-order chi connectivity index (χ1) is 7.75. The number of nitrogens with two attached hydrogens (primary N) is 1. The van der Waals surface area contributed by atoms with E-state index in [0.29, 0.717) is 12.1 Å². The third-order valence-electron chi connectivity index (χ3n) is 4.00. The van der Waals surface area contributed by atoms with Crippen molar-refractivity contribution in [1.82, 2.24) is 0 Å². The molecule has 0 aromatic heterocycles. The smallest absolute Gasteiger partial charge is 0.0837 e. The third-order valence-corrected chi connectivity index (χ3v) is 4.00. The Bertz CT molecular complexity index is 202. The summed E-state index contributed by atoms with van der Waals surface area (Å²) in [5, 5.41) is 9.98. The van der Waals surface area contributed by atoms with Crippen LogP contribution in [0.25, 0.3) is 0 Å². The molecular formula is C13H25NO2. The summed E-state index contributed by atoms with van der Waals surface area (Å²) >= 11 is 0. The fourth-order valence-electron chi connectivity index (χ4n) is 2.88. The number of ether oxygens (including phenoxy) is 1. The van der Waals surface area contributed by atoms with E-state index in [4.69, 9.17) is 10.5 Å². The molecule has 2 rings (SSSR count). The maximum absolute atomic E-state index is 9.98. The van der Waals surface area contributed by atoms with Gasteiger partial charge in [-0.2, -0.15) is 0 Å². The zero-order valence-corrected chi connectivity index (χ0v) is 10.1. The molecule has 2 unspecified atom stereocenters. The fourth-order valence-corrected chi connectivity index (χ4v) is 2.88. The molecule has 3 N–H and O–H groups in total. The number of hydrogen-bond acceptors (Lipinski definition) is 3. The van der Waals surface area contributed by atoms with E-state index < -0.39 is 0 Å². The SMILES string of the molecule is NC1CCC(OC2CCCCCC2O)CC1. The minimum absolute atomic E-state index is 0.0850. The van der Waals surface area contributed by atoms with Crippen molar-refractivity contribution >= 4 is 0 Å². The molecule has 0 bridgehead atoms. The summed E-state index contributed by atoms with van der Waals surface area (Å²) < 4.78 is 6.07. The van der Waals surface area contributed by atoms with Crippen LogP contribution in [0.3, 0.4) is 0 Å². The summed E-state index contributed by atoms with van der Waals surface area (Å²) in [7, 11) is 0. The average molecular weight is 227 g/mol. The average Bonchev–Trinajstić information content (AvgIpc) is 2.48. The van der Waals surface area contributed by atoms with Crippen LogP contribution < -0.4 is 5.73 Å². The topological polar surface area (TPSA) is 55.5 Å². The Hall–Kier alpha value is -0.120. The summed E-state index contributed by atoms with van der Waals surface area (Å²) in [6.07, 6.45) is 10.0. The Morgan fingerprint density at radius 1 is 0.875 bits per heavy atom. The van der Waals surface area contributed by atoms with Gasteiger partial charge in [-0.3, -0.25) is 0 Å². The highest BCUT2D eigenvalue weighted by Crippen LogP contribution is 2.26. The molecule has 2 saturated carbocycles. The number of aliphatic hydroxyl groups is 1. The van der Waals surface area contributed by atoms with Crippen molar-refractivity contribution in [1.29, 1.82) is 0 Å². The minimum Gasteiger partial charge on any atom is -0.390 e. The first kappa shape index (κ1) is 12.3. The monoisotopic (exact) mass is 227 g/mol. The van der Waals surface area contributed by atoms with E-state index in [-0.39, 0.29) is 12.2 Å². The maximum Gasteiger partial charge on any atom is 0.0837 e. The van der Waals surface area contributed by atoms with E-state index in [1.165, 1.54) is 12.8 Å². The first-order valence-electron chi connectivity index (χ1n) is 6.85. The first-order valence-corrected chi connectivity index (χ1v) is 6.85. The summed E-state index contributed by atoms with van der Waals surface area (Å²) in [6.45, 7) is 0. The van der Waals surface area contributed by atoms with Crippen molar-refractivity contribution in [2.45, 2.75) is 82.1 Å².